The number of anilines is 1. The summed E-state index contributed by atoms with van der Waals surface area (Å²) in [7, 11) is 0. The lowest BCUT2D eigenvalue weighted by atomic mass is 10.2. The van der Waals surface area contributed by atoms with Crippen molar-refractivity contribution in [1.29, 1.82) is 0 Å². The molecule has 1 heterocycles. The zero-order chi connectivity index (χ0) is 19.8. The quantitative estimate of drug-likeness (QED) is 0.644. The first-order valence-corrected chi connectivity index (χ1v) is 8.62. The van der Waals surface area contributed by atoms with Crippen LogP contribution in [0.25, 0.3) is 6.08 Å². The van der Waals surface area contributed by atoms with Gasteiger partial charge in [0, 0.05) is 30.7 Å². The van der Waals surface area contributed by atoms with E-state index in [1.54, 1.807) is 48.7 Å². The van der Waals surface area contributed by atoms with Crippen molar-refractivity contribution in [2.45, 2.75) is 6.54 Å². The zero-order valence-electron chi connectivity index (χ0n) is 14.9. The first-order valence-electron chi connectivity index (χ1n) is 8.62. The normalized spacial score (nSPS) is 10.6. The highest BCUT2D eigenvalue weighted by Crippen LogP contribution is 2.11. The smallest absolute Gasteiger partial charge is 0.253 e. The molecule has 0 aliphatic rings. The third kappa shape index (κ3) is 5.60. The minimum absolute atomic E-state index is 0.201. The Bertz CT molecular complexity index is 986. The van der Waals surface area contributed by atoms with Gasteiger partial charge in [-0.15, -0.1) is 0 Å². The summed E-state index contributed by atoms with van der Waals surface area (Å²) in [6.07, 6.45) is 6.00. The van der Waals surface area contributed by atoms with Crippen molar-refractivity contribution < 1.29 is 14.0 Å². The minimum atomic E-state index is -0.353. The number of carbonyl (C=O) groups is 2. The summed E-state index contributed by atoms with van der Waals surface area (Å²) in [5.41, 5.74) is 2.62. The van der Waals surface area contributed by atoms with Crippen molar-refractivity contribution in [2.75, 3.05) is 5.32 Å². The maximum Gasteiger partial charge on any atom is 0.253 e. The summed E-state index contributed by atoms with van der Waals surface area (Å²) in [5.74, 6) is -0.872. The van der Waals surface area contributed by atoms with Gasteiger partial charge in [-0.1, -0.05) is 24.3 Å². The topological polar surface area (TPSA) is 71.1 Å². The highest BCUT2D eigenvalue weighted by atomic mass is 19.1. The zero-order valence-corrected chi connectivity index (χ0v) is 14.9. The van der Waals surface area contributed by atoms with Crippen LogP contribution < -0.4 is 10.6 Å². The molecule has 0 fully saturated rings. The van der Waals surface area contributed by atoms with Gasteiger partial charge in [-0.25, -0.2) is 4.39 Å². The van der Waals surface area contributed by atoms with E-state index in [0.29, 0.717) is 23.4 Å². The van der Waals surface area contributed by atoms with Crippen molar-refractivity contribution in [2.24, 2.45) is 0 Å². The van der Waals surface area contributed by atoms with Crippen LogP contribution in [0.4, 0.5) is 10.1 Å². The molecule has 3 rings (SSSR count). The SMILES string of the molecule is O=C(/C=C/c1cccc(F)c1)Nc1ccc(CNC(=O)c2cccnc2)cc1. The molecule has 140 valence electrons. The summed E-state index contributed by atoms with van der Waals surface area (Å²) < 4.78 is 13.1. The predicted molar refractivity (Wildman–Crippen MR) is 106 cm³/mol. The largest absolute Gasteiger partial charge is 0.348 e. The lowest BCUT2D eigenvalue weighted by molar-refractivity contribution is -0.111. The Kier molecular flexibility index (Phi) is 6.25. The molecule has 0 aliphatic heterocycles. The molecule has 6 heteroatoms. The van der Waals surface area contributed by atoms with Crippen LogP contribution in [0.5, 0.6) is 0 Å². The molecule has 0 spiro atoms. The first kappa shape index (κ1) is 19.0. The van der Waals surface area contributed by atoms with Crippen LogP contribution in [0.1, 0.15) is 21.5 Å². The van der Waals surface area contributed by atoms with Gasteiger partial charge >= 0.3 is 0 Å². The highest BCUT2D eigenvalue weighted by molar-refractivity contribution is 6.01. The summed E-state index contributed by atoms with van der Waals surface area (Å²) in [4.78, 5) is 27.9. The van der Waals surface area contributed by atoms with E-state index in [-0.39, 0.29) is 17.6 Å². The summed E-state index contributed by atoms with van der Waals surface area (Å²) in [6.45, 7) is 0.363. The van der Waals surface area contributed by atoms with Crippen LogP contribution in [0, 0.1) is 5.82 Å². The number of nitrogens with one attached hydrogen (secondary N) is 2. The van der Waals surface area contributed by atoms with E-state index in [1.165, 1.54) is 24.4 Å². The van der Waals surface area contributed by atoms with Crippen LogP contribution in [0.3, 0.4) is 0 Å². The lowest BCUT2D eigenvalue weighted by Crippen LogP contribution is -2.22. The van der Waals surface area contributed by atoms with Crippen molar-refractivity contribution in [1.82, 2.24) is 10.3 Å². The Morgan fingerprint density at radius 1 is 1.04 bits per heavy atom. The number of aromatic nitrogens is 1. The Hall–Kier alpha value is -3.80. The van der Waals surface area contributed by atoms with Crippen LogP contribution >= 0.6 is 0 Å². The monoisotopic (exact) mass is 375 g/mol. The lowest BCUT2D eigenvalue weighted by Gasteiger charge is -2.07. The Morgan fingerprint density at radius 3 is 2.57 bits per heavy atom. The highest BCUT2D eigenvalue weighted by Gasteiger charge is 2.05. The number of hydrogen-bond donors (Lipinski definition) is 2. The van der Waals surface area contributed by atoms with Gasteiger partial charge in [0.25, 0.3) is 5.91 Å². The number of carbonyl (C=O) groups excluding carboxylic acids is 2. The first-order chi connectivity index (χ1) is 13.6. The standard InChI is InChI=1S/C22H18FN3O2/c23-19-5-1-3-16(13-19)8-11-21(27)26-20-9-6-17(7-10-20)14-25-22(28)18-4-2-12-24-15-18/h1-13,15H,14H2,(H,25,28)(H,26,27)/b11-8+. The van der Waals surface area contributed by atoms with Crippen molar-refractivity contribution in [3.05, 3.63) is 102 Å². The van der Waals surface area contributed by atoms with Gasteiger partial charge in [0.1, 0.15) is 5.82 Å². The van der Waals surface area contributed by atoms with Crippen molar-refractivity contribution in [3.8, 4) is 0 Å². The maximum absolute atomic E-state index is 13.1. The van der Waals surface area contributed by atoms with Crippen LogP contribution in [0.15, 0.2) is 79.1 Å². The van der Waals surface area contributed by atoms with E-state index in [2.05, 4.69) is 15.6 Å². The molecule has 2 amide bonds. The molecule has 0 saturated heterocycles. The average Bonchev–Trinajstić information content (AvgIpc) is 2.72. The van der Waals surface area contributed by atoms with Gasteiger partial charge in [0.15, 0.2) is 0 Å². The summed E-state index contributed by atoms with van der Waals surface area (Å²) >= 11 is 0. The van der Waals surface area contributed by atoms with E-state index >= 15 is 0 Å². The molecule has 0 aliphatic carbocycles. The second kappa shape index (κ2) is 9.23. The molecule has 0 radical (unpaired) electrons. The number of rotatable bonds is 6. The molecule has 3 aromatic rings. The summed E-state index contributed by atoms with van der Waals surface area (Å²) in [6, 6.07) is 16.5. The maximum atomic E-state index is 13.1. The van der Waals surface area contributed by atoms with Gasteiger partial charge in [-0.3, -0.25) is 14.6 Å². The van der Waals surface area contributed by atoms with Crippen LogP contribution in [-0.2, 0) is 11.3 Å². The molecular weight excluding hydrogens is 357 g/mol. The molecule has 2 aromatic carbocycles. The van der Waals surface area contributed by atoms with Crippen molar-refractivity contribution >= 4 is 23.6 Å². The fourth-order valence-corrected chi connectivity index (χ4v) is 2.45. The number of halogens is 1. The van der Waals surface area contributed by atoms with E-state index in [4.69, 9.17) is 0 Å². The van der Waals surface area contributed by atoms with Crippen molar-refractivity contribution in [3.63, 3.8) is 0 Å². The van der Waals surface area contributed by atoms with Gasteiger partial charge < -0.3 is 10.6 Å². The number of benzene rings is 2. The van der Waals surface area contributed by atoms with Gasteiger partial charge in [-0.2, -0.15) is 0 Å². The molecular formula is C22H18FN3O2. The van der Waals surface area contributed by atoms with Crippen LogP contribution in [-0.4, -0.2) is 16.8 Å². The molecule has 0 atom stereocenters. The average molecular weight is 375 g/mol. The molecule has 0 unspecified atom stereocenters. The summed E-state index contributed by atoms with van der Waals surface area (Å²) in [5, 5.41) is 5.54. The van der Waals surface area contributed by atoms with E-state index < -0.39 is 0 Å². The number of nitrogens with zero attached hydrogens (tertiary/aromatic N) is 1. The predicted octanol–water partition coefficient (Wildman–Crippen LogP) is 3.80. The van der Waals surface area contributed by atoms with Gasteiger partial charge in [-0.05, 0) is 53.6 Å². The molecule has 0 bridgehead atoms. The van der Waals surface area contributed by atoms with E-state index in [0.717, 1.165) is 5.56 Å². The van der Waals surface area contributed by atoms with E-state index in [9.17, 15) is 14.0 Å². The van der Waals surface area contributed by atoms with E-state index in [1.807, 2.05) is 12.1 Å². The molecule has 28 heavy (non-hydrogen) atoms. The van der Waals surface area contributed by atoms with Gasteiger partial charge in [0.05, 0.1) is 5.56 Å². The number of amides is 2. The fourth-order valence-electron chi connectivity index (χ4n) is 2.45. The molecule has 5 nitrogen and oxygen atoms in total. The molecule has 0 saturated carbocycles. The minimum Gasteiger partial charge on any atom is -0.348 e. The second-order valence-corrected chi connectivity index (χ2v) is 6.00. The second-order valence-electron chi connectivity index (χ2n) is 6.00. The van der Waals surface area contributed by atoms with Gasteiger partial charge in [0.2, 0.25) is 5.91 Å². The fraction of sp³-hybridized carbons (Fsp3) is 0.0455. The third-order valence-electron chi connectivity index (χ3n) is 3.87. The number of pyridine rings is 1. The molecule has 2 N–H and O–H groups in total. The Balaban J connectivity index is 1.51. The molecule has 1 aromatic heterocycles. The third-order valence-corrected chi connectivity index (χ3v) is 3.87. The Labute approximate surface area is 161 Å². The number of hydrogen-bond acceptors (Lipinski definition) is 3. The van der Waals surface area contributed by atoms with Crippen LogP contribution in [0.2, 0.25) is 0 Å². The Morgan fingerprint density at radius 2 is 1.86 bits per heavy atom.